The van der Waals surface area contributed by atoms with Gasteiger partial charge in [0.15, 0.2) is 0 Å². The zero-order chi connectivity index (χ0) is 19.9. The van der Waals surface area contributed by atoms with Crippen LogP contribution in [0.15, 0.2) is 30.3 Å². The first kappa shape index (κ1) is 20.0. The Morgan fingerprint density at radius 3 is 2.82 bits per heavy atom. The van der Waals surface area contributed by atoms with E-state index in [0.29, 0.717) is 25.3 Å². The molecule has 0 atom stereocenters. The number of imidazole rings is 1. The van der Waals surface area contributed by atoms with Crippen molar-refractivity contribution in [3.8, 4) is 0 Å². The third-order valence-corrected chi connectivity index (χ3v) is 4.89. The van der Waals surface area contributed by atoms with E-state index in [4.69, 9.17) is 15.6 Å². The molecule has 1 aromatic heterocycles. The molecular weight excluding hydrogens is 352 g/mol. The molecule has 0 aliphatic carbocycles. The second-order valence-electron chi connectivity index (χ2n) is 7.05. The van der Waals surface area contributed by atoms with Gasteiger partial charge < -0.3 is 15.9 Å². The Morgan fingerprint density at radius 2 is 2.04 bits per heavy atom. The van der Waals surface area contributed by atoms with Gasteiger partial charge in [-0.05, 0) is 30.7 Å². The van der Waals surface area contributed by atoms with Crippen LogP contribution in [0.1, 0.15) is 51.8 Å². The average molecular weight is 383 g/mol. The van der Waals surface area contributed by atoms with Crippen molar-refractivity contribution < 1.29 is 9.63 Å². The fourth-order valence-corrected chi connectivity index (χ4v) is 3.33. The van der Waals surface area contributed by atoms with Gasteiger partial charge in [-0.25, -0.2) is 4.98 Å². The van der Waals surface area contributed by atoms with E-state index in [0.717, 1.165) is 59.7 Å². The quantitative estimate of drug-likeness (QED) is 0.412. The molecule has 1 heterocycles. The minimum atomic E-state index is 0.0883. The molecule has 0 aliphatic rings. The van der Waals surface area contributed by atoms with Crippen LogP contribution in [0.2, 0.25) is 0 Å². The molecule has 0 saturated carbocycles. The monoisotopic (exact) mass is 382 g/mol. The first-order valence-corrected chi connectivity index (χ1v) is 10.2. The van der Waals surface area contributed by atoms with E-state index in [2.05, 4.69) is 24.4 Å². The van der Waals surface area contributed by atoms with Crippen molar-refractivity contribution in [2.75, 3.05) is 18.9 Å². The molecule has 28 heavy (non-hydrogen) atoms. The molecule has 2 aromatic carbocycles. The lowest BCUT2D eigenvalue weighted by atomic mass is 10.1. The number of nitrogen functional groups attached to an aromatic ring is 1. The minimum absolute atomic E-state index is 0.0883. The largest absolute Gasteiger partial charge is 0.412 e. The first-order valence-electron chi connectivity index (χ1n) is 10.2. The molecule has 1 amide bonds. The maximum Gasteiger partial charge on any atom is 0.219 e. The average Bonchev–Trinajstić information content (AvgIpc) is 3.08. The van der Waals surface area contributed by atoms with Crippen molar-refractivity contribution in [3.63, 3.8) is 0 Å². The number of aryl methyl sites for hydroxylation is 1. The summed E-state index contributed by atoms with van der Waals surface area (Å²) >= 11 is 0. The van der Waals surface area contributed by atoms with Crippen molar-refractivity contribution in [2.24, 2.45) is 0 Å². The highest BCUT2D eigenvalue weighted by Crippen LogP contribution is 2.30. The number of fused-ring (bicyclic) bond motifs is 3. The third-order valence-electron chi connectivity index (χ3n) is 4.89. The Labute approximate surface area is 166 Å². The molecule has 0 bridgehead atoms. The fourth-order valence-electron chi connectivity index (χ4n) is 3.33. The number of amides is 1. The predicted molar refractivity (Wildman–Crippen MR) is 114 cm³/mol. The van der Waals surface area contributed by atoms with E-state index in [1.54, 1.807) is 0 Å². The van der Waals surface area contributed by atoms with Crippen LogP contribution < -0.4 is 15.9 Å². The van der Waals surface area contributed by atoms with E-state index in [9.17, 15) is 4.79 Å². The number of aromatic nitrogens is 2. The molecule has 150 valence electrons. The number of rotatable bonds is 10. The number of benzene rings is 2. The standard InChI is InChI=1S/C22H30N4O2/c1-3-5-12-19-25-21-18(23)15-16-10-6-7-11-17(16)22(21)26(19)28-14-9-8-13-24-20(27)4-2/h6-7,10-11,15H,3-5,8-9,12-14,23H2,1-2H3,(H,24,27). The summed E-state index contributed by atoms with van der Waals surface area (Å²) in [5.74, 6) is 1.00. The molecule has 3 N–H and O–H groups in total. The van der Waals surface area contributed by atoms with Gasteiger partial charge in [-0.2, -0.15) is 4.73 Å². The Morgan fingerprint density at radius 1 is 1.21 bits per heavy atom. The molecular formula is C22H30N4O2. The lowest BCUT2D eigenvalue weighted by Crippen LogP contribution is -2.24. The highest BCUT2D eigenvalue weighted by Gasteiger charge is 2.17. The van der Waals surface area contributed by atoms with E-state index in [1.165, 1.54) is 0 Å². The number of unbranched alkanes of at least 4 members (excludes halogenated alkanes) is 2. The molecule has 0 fully saturated rings. The lowest BCUT2D eigenvalue weighted by molar-refractivity contribution is -0.120. The Balaban J connectivity index is 1.83. The second kappa shape index (κ2) is 9.44. The number of nitrogens with two attached hydrogens (primary N) is 1. The molecule has 0 unspecified atom stereocenters. The number of hydrogen-bond acceptors (Lipinski definition) is 4. The van der Waals surface area contributed by atoms with Crippen LogP contribution in [-0.4, -0.2) is 28.8 Å². The van der Waals surface area contributed by atoms with Crippen molar-refractivity contribution in [1.29, 1.82) is 0 Å². The fraction of sp³-hybridized carbons (Fsp3) is 0.455. The summed E-state index contributed by atoms with van der Waals surface area (Å²) in [7, 11) is 0. The van der Waals surface area contributed by atoms with Crippen molar-refractivity contribution in [2.45, 2.75) is 52.4 Å². The van der Waals surface area contributed by atoms with Crippen LogP contribution >= 0.6 is 0 Å². The number of nitrogens with zero attached hydrogens (tertiary/aromatic N) is 2. The van der Waals surface area contributed by atoms with Gasteiger partial charge in [-0.1, -0.05) is 44.5 Å². The minimum Gasteiger partial charge on any atom is -0.412 e. The zero-order valence-corrected chi connectivity index (χ0v) is 16.8. The van der Waals surface area contributed by atoms with Crippen LogP contribution in [0.3, 0.4) is 0 Å². The topological polar surface area (TPSA) is 82.2 Å². The smallest absolute Gasteiger partial charge is 0.219 e. The van der Waals surface area contributed by atoms with Crippen LogP contribution in [0.5, 0.6) is 0 Å². The third kappa shape index (κ3) is 4.38. The van der Waals surface area contributed by atoms with Gasteiger partial charge >= 0.3 is 0 Å². The molecule has 0 saturated heterocycles. The summed E-state index contributed by atoms with van der Waals surface area (Å²) in [4.78, 5) is 22.3. The molecule has 0 aliphatic heterocycles. The van der Waals surface area contributed by atoms with E-state index < -0.39 is 0 Å². The van der Waals surface area contributed by atoms with E-state index >= 15 is 0 Å². The lowest BCUT2D eigenvalue weighted by Gasteiger charge is -2.12. The number of hydrogen-bond donors (Lipinski definition) is 2. The van der Waals surface area contributed by atoms with Gasteiger partial charge in [0.2, 0.25) is 5.91 Å². The predicted octanol–water partition coefficient (Wildman–Crippen LogP) is 3.85. The summed E-state index contributed by atoms with van der Waals surface area (Å²) in [5.41, 5.74) is 8.73. The zero-order valence-electron chi connectivity index (χ0n) is 16.8. The summed E-state index contributed by atoms with van der Waals surface area (Å²) in [6.07, 6.45) is 5.26. The number of carbonyl (C=O) groups excluding carboxylic acids is 1. The molecule has 6 nitrogen and oxygen atoms in total. The van der Waals surface area contributed by atoms with E-state index in [1.807, 2.05) is 29.9 Å². The van der Waals surface area contributed by atoms with Crippen LogP contribution in [0.4, 0.5) is 5.69 Å². The number of anilines is 1. The second-order valence-corrected chi connectivity index (χ2v) is 7.05. The van der Waals surface area contributed by atoms with Crippen LogP contribution in [0, 0.1) is 0 Å². The van der Waals surface area contributed by atoms with Gasteiger partial charge in [0, 0.05) is 24.8 Å². The Hall–Kier alpha value is -2.76. The number of nitrogens with one attached hydrogen (secondary N) is 1. The summed E-state index contributed by atoms with van der Waals surface area (Å²) < 4.78 is 1.88. The molecule has 6 heteroatoms. The Bertz CT molecular complexity index is 949. The highest BCUT2D eigenvalue weighted by atomic mass is 16.7. The van der Waals surface area contributed by atoms with Gasteiger partial charge in [0.25, 0.3) is 0 Å². The molecule has 3 aromatic rings. The summed E-state index contributed by atoms with van der Waals surface area (Å²) in [5, 5.41) is 5.08. The van der Waals surface area contributed by atoms with Crippen LogP contribution in [-0.2, 0) is 11.2 Å². The maximum atomic E-state index is 11.3. The summed E-state index contributed by atoms with van der Waals surface area (Å²) in [6.45, 7) is 5.27. The normalized spacial score (nSPS) is 11.2. The summed E-state index contributed by atoms with van der Waals surface area (Å²) in [6, 6.07) is 10.2. The van der Waals surface area contributed by atoms with Gasteiger partial charge in [0.05, 0.1) is 5.69 Å². The van der Waals surface area contributed by atoms with Gasteiger partial charge in [0.1, 0.15) is 23.5 Å². The Kier molecular flexibility index (Phi) is 6.74. The number of carbonyl (C=O) groups is 1. The van der Waals surface area contributed by atoms with Crippen LogP contribution in [0.25, 0.3) is 21.8 Å². The maximum absolute atomic E-state index is 11.3. The first-order chi connectivity index (χ1) is 13.7. The van der Waals surface area contributed by atoms with Gasteiger partial charge in [-0.15, -0.1) is 0 Å². The van der Waals surface area contributed by atoms with E-state index in [-0.39, 0.29) is 5.91 Å². The van der Waals surface area contributed by atoms with Crippen molar-refractivity contribution >= 4 is 33.4 Å². The van der Waals surface area contributed by atoms with Gasteiger partial charge in [-0.3, -0.25) is 4.79 Å². The molecule has 0 spiro atoms. The SMILES string of the molecule is CCCCc1nc2c(N)cc3ccccc3c2n1OCCCCNC(=O)CC. The molecule has 3 rings (SSSR count). The van der Waals surface area contributed by atoms with Crippen molar-refractivity contribution in [3.05, 3.63) is 36.2 Å². The molecule has 0 radical (unpaired) electrons. The van der Waals surface area contributed by atoms with Crippen molar-refractivity contribution in [1.82, 2.24) is 15.0 Å². The highest BCUT2D eigenvalue weighted by molar-refractivity contribution is 6.09.